The normalized spacial score (nSPS) is 53.2. The van der Waals surface area contributed by atoms with Crippen molar-refractivity contribution in [2.24, 2.45) is 39.9 Å². The van der Waals surface area contributed by atoms with E-state index >= 15 is 0 Å². The predicted molar refractivity (Wildman–Crippen MR) is 135 cm³/mol. The molecule has 1 heterocycles. The number of ketones is 1. The van der Waals surface area contributed by atoms with Gasteiger partial charge >= 0.3 is 0 Å². The third-order valence-corrected chi connectivity index (χ3v) is 12.4. The molecule has 9 heteroatoms. The van der Waals surface area contributed by atoms with E-state index in [1.165, 1.54) is 11.8 Å². The van der Waals surface area contributed by atoms with Crippen LogP contribution in [0.2, 0.25) is 0 Å². The standard InChI is InChI=1S/C26H37NO6S2/c1-7-27-21-25-11-14(30-3)12-10-13(16(25)17(12)32-5)26(21)15(31-4)8-9-24(2,22(27)29)19(26)18(20(25)28)33-23(34)35-6/h12-19,21H,7-11H2,1-6H3/t12-,13-,14+,15+,16-,17+,18+,19-,21-,24-,25-,26+/m1/s1. The molecule has 7 bridgehead atoms. The molecule has 2 spiro atoms. The number of piperidine rings is 1. The molecule has 1 saturated heterocycles. The van der Waals surface area contributed by atoms with E-state index in [2.05, 4.69) is 11.8 Å². The molecule has 0 radical (unpaired) electrons. The summed E-state index contributed by atoms with van der Waals surface area (Å²) in [5.74, 6) is 0.427. The number of fused-ring (bicyclic) bond motifs is 1. The monoisotopic (exact) mass is 523 g/mol. The van der Waals surface area contributed by atoms with Crippen LogP contribution in [-0.2, 0) is 28.5 Å². The van der Waals surface area contributed by atoms with Crippen molar-refractivity contribution >= 4 is 40.1 Å². The highest BCUT2D eigenvalue weighted by Crippen LogP contribution is 2.82. The molecule has 0 aromatic carbocycles. The van der Waals surface area contributed by atoms with Gasteiger partial charge in [0, 0.05) is 51.0 Å². The fraction of sp³-hybridized carbons (Fsp3) is 0.885. The van der Waals surface area contributed by atoms with Gasteiger partial charge in [-0.1, -0.05) is 18.7 Å². The number of carbonyl (C=O) groups excluding carboxylic acids is 2. The van der Waals surface area contributed by atoms with Crippen LogP contribution in [0.15, 0.2) is 0 Å². The summed E-state index contributed by atoms with van der Waals surface area (Å²) in [5.41, 5.74) is -1.88. The summed E-state index contributed by atoms with van der Waals surface area (Å²) in [6.07, 6.45) is 3.88. The SMILES string of the molecule is CCN1C(=O)[C@]2(C)CC[C@H](OC)[C@@]34[C@@H]5C[C@H]6[C@H](OC)[C@@H]5[C@](C[C@@H]6OC)(C(=O)[C@@H](OC(=S)SC)[C@@H]32)[C@@H]14. The zero-order chi connectivity index (χ0) is 25.1. The van der Waals surface area contributed by atoms with Gasteiger partial charge < -0.3 is 23.8 Å². The van der Waals surface area contributed by atoms with Crippen LogP contribution >= 0.6 is 24.0 Å². The van der Waals surface area contributed by atoms with Gasteiger partial charge in [-0.3, -0.25) is 9.59 Å². The Morgan fingerprint density at radius 3 is 2.54 bits per heavy atom. The third kappa shape index (κ3) is 2.49. The molecule has 5 aliphatic carbocycles. The van der Waals surface area contributed by atoms with E-state index in [4.69, 9.17) is 31.2 Å². The quantitative estimate of drug-likeness (QED) is 0.510. The van der Waals surface area contributed by atoms with Crippen molar-refractivity contribution in [1.82, 2.24) is 4.90 Å². The van der Waals surface area contributed by atoms with Crippen molar-refractivity contribution in [3.05, 3.63) is 0 Å². The van der Waals surface area contributed by atoms with E-state index in [0.29, 0.717) is 23.8 Å². The van der Waals surface area contributed by atoms with Crippen molar-refractivity contribution in [2.45, 2.75) is 70.0 Å². The molecular formula is C26H37NO6S2. The second-order valence-electron chi connectivity index (χ2n) is 11.8. The Labute approximate surface area is 217 Å². The largest absolute Gasteiger partial charge is 0.467 e. The second kappa shape index (κ2) is 7.88. The zero-order valence-electron chi connectivity index (χ0n) is 21.4. The van der Waals surface area contributed by atoms with Gasteiger partial charge in [-0.15, -0.1) is 0 Å². The molecule has 6 fully saturated rings. The number of hydrogen-bond acceptors (Lipinski definition) is 8. The van der Waals surface area contributed by atoms with E-state index < -0.39 is 16.9 Å². The summed E-state index contributed by atoms with van der Waals surface area (Å²) in [6.45, 7) is 4.69. The molecule has 1 aliphatic heterocycles. The van der Waals surface area contributed by atoms with Gasteiger partial charge in [-0.05, 0) is 57.0 Å². The Hall–Kier alpha value is -0.740. The molecule has 194 valence electrons. The van der Waals surface area contributed by atoms with E-state index in [9.17, 15) is 9.59 Å². The summed E-state index contributed by atoms with van der Waals surface area (Å²) < 4.78 is 25.4. The fourth-order valence-electron chi connectivity index (χ4n) is 10.7. The minimum Gasteiger partial charge on any atom is -0.467 e. The number of thioether (sulfide) groups is 1. The summed E-state index contributed by atoms with van der Waals surface area (Å²) >= 11 is 6.86. The molecule has 6 aliphatic rings. The van der Waals surface area contributed by atoms with Crippen LogP contribution < -0.4 is 0 Å². The number of Topliss-reactive ketones (excluding diaryl/α,β-unsaturated/α-hetero) is 1. The molecule has 35 heavy (non-hydrogen) atoms. The maximum atomic E-state index is 14.9. The number of ether oxygens (including phenoxy) is 4. The molecule has 6 rings (SSSR count). The van der Waals surface area contributed by atoms with Crippen molar-refractivity contribution < 1.29 is 28.5 Å². The molecule has 0 unspecified atom stereocenters. The first-order valence-corrected chi connectivity index (χ1v) is 14.6. The van der Waals surface area contributed by atoms with Gasteiger partial charge in [-0.25, -0.2) is 0 Å². The highest BCUT2D eigenvalue weighted by molar-refractivity contribution is 8.22. The van der Waals surface area contributed by atoms with Gasteiger partial charge in [-0.2, -0.15) is 0 Å². The minimum absolute atomic E-state index is 0.0142. The number of methoxy groups -OCH3 is 3. The average Bonchev–Trinajstić information content (AvgIpc) is 3.27. The minimum atomic E-state index is -0.796. The van der Waals surface area contributed by atoms with E-state index in [-0.39, 0.29) is 65.1 Å². The van der Waals surface area contributed by atoms with Crippen LogP contribution in [-0.4, -0.2) is 85.6 Å². The molecule has 0 aromatic rings. The molecule has 5 saturated carbocycles. The number of hydrogen-bond donors (Lipinski definition) is 0. The summed E-state index contributed by atoms with van der Waals surface area (Å²) in [6, 6.07) is -0.238. The van der Waals surface area contributed by atoms with E-state index in [1.54, 1.807) is 21.3 Å². The number of likely N-dealkylation sites (tertiary alicyclic amines) is 1. The maximum absolute atomic E-state index is 14.9. The first-order valence-electron chi connectivity index (χ1n) is 12.9. The Morgan fingerprint density at radius 1 is 1.20 bits per heavy atom. The zero-order valence-corrected chi connectivity index (χ0v) is 23.1. The van der Waals surface area contributed by atoms with Crippen molar-refractivity contribution in [2.75, 3.05) is 34.1 Å². The summed E-state index contributed by atoms with van der Waals surface area (Å²) in [7, 11) is 5.30. The van der Waals surface area contributed by atoms with Gasteiger partial charge in [0.2, 0.25) is 10.3 Å². The average molecular weight is 524 g/mol. The first kappa shape index (κ1) is 24.6. The number of nitrogens with zero attached hydrogens (tertiary/aromatic N) is 1. The lowest BCUT2D eigenvalue weighted by molar-refractivity contribution is -0.260. The highest BCUT2D eigenvalue weighted by Gasteiger charge is 2.90. The third-order valence-electron chi connectivity index (χ3n) is 11.3. The van der Waals surface area contributed by atoms with Crippen LogP contribution in [0.4, 0.5) is 0 Å². The van der Waals surface area contributed by atoms with E-state index in [1.807, 2.05) is 13.2 Å². The fourth-order valence-corrected chi connectivity index (χ4v) is 11.0. The summed E-state index contributed by atoms with van der Waals surface area (Å²) in [4.78, 5) is 31.3. The Balaban J connectivity index is 1.68. The second-order valence-corrected chi connectivity index (χ2v) is 13.2. The van der Waals surface area contributed by atoms with Crippen LogP contribution in [0.1, 0.15) is 39.5 Å². The van der Waals surface area contributed by atoms with Crippen LogP contribution in [0.5, 0.6) is 0 Å². The van der Waals surface area contributed by atoms with Crippen LogP contribution in [0.3, 0.4) is 0 Å². The van der Waals surface area contributed by atoms with Crippen molar-refractivity contribution in [1.29, 1.82) is 0 Å². The van der Waals surface area contributed by atoms with Crippen molar-refractivity contribution in [3.63, 3.8) is 0 Å². The number of thiocarbonyl (C=S) groups is 1. The lowest BCUT2D eigenvalue weighted by Crippen LogP contribution is -2.82. The van der Waals surface area contributed by atoms with Gasteiger partial charge in [0.15, 0.2) is 11.9 Å². The Morgan fingerprint density at radius 2 is 1.94 bits per heavy atom. The maximum Gasteiger partial charge on any atom is 0.229 e. The molecule has 12 atom stereocenters. The van der Waals surface area contributed by atoms with E-state index in [0.717, 1.165) is 12.8 Å². The van der Waals surface area contributed by atoms with Crippen LogP contribution in [0, 0.1) is 39.9 Å². The topological polar surface area (TPSA) is 74.3 Å². The number of carbonyl (C=O) groups is 2. The van der Waals surface area contributed by atoms with Crippen molar-refractivity contribution in [3.8, 4) is 0 Å². The first-order chi connectivity index (χ1) is 16.7. The highest BCUT2D eigenvalue weighted by atomic mass is 32.2. The Kier molecular flexibility index (Phi) is 5.54. The molecule has 1 amide bonds. The lowest BCUT2D eigenvalue weighted by Gasteiger charge is -2.71. The molecular weight excluding hydrogens is 486 g/mol. The number of amides is 1. The molecule has 7 nitrogen and oxygen atoms in total. The summed E-state index contributed by atoms with van der Waals surface area (Å²) in [5, 5.41) is 0. The van der Waals surface area contributed by atoms with Gasteiger partial charge in [0.05, 0.1) is 35.2 Å². The predicted octanol–water partition coefficient (Wildman–Crippen LogP) is 2.94. The molecule has 0 N–H and O–H groups in total. The lowest BCUT2D eigenvalue weighted by atomic mass is 9.39. The molecule has 0 aromatic heterocycles. The smallest absolute Gasteiger partial charge is 0.229 e. The van der Waals surface area contributed by atoms with Crippen LogP contribution in [0.25, 0.3) is 0 Å². The van der Waals surface area contributed by atoms with Gasteiger partial charge in [0.1, 0.15) is 0 Å². The Bertz CT molecular complexity index is 977. The van der Waals surface area contributed by atoms with Gasteiger partial charge in [0.25, 0.3) is 0 Å². The number of rotatable bonds is 5.